The second-order valence-corrected chi connectivity index (χ2v) is 4.31. The molecule has 0 heterocycles. The van der Waals surface area contributed by atoms with Crippen LogP contribution in [0.5, 0.6) is 0 Å². The van der Waals surface area contributed by atoms with Crippen LogP contribution in [0.1, 0.15) is 34.1 Å². The molecule has 0 saturated carbocycles. The van der Waals surface area contributed by atoms with Crippen molar-refractivity contribution in [1.82, 2.24) is 0 Å². The predicted octanol–water partition coefficient (Wildman–Crippen LogP) is 3.87. The molecule has 0 unspecified atom stereocenters. The van der Waals surface area contributed by atoms with E-state index in [1.165, 1.54) is 11.1 Å². The summed E-state index contributed by atoms with van der Waals surface area (Å²) in [6.45, 7) is 8.85. The van der Waals surface area contributed by atoms with Gasteiger partial charge in [0.25, 0.3) is 0 Å². The molecule has 0 spiro atoms. The lowest BCUT2D eigenvalue weighted by atomic mass is 9.87. The van der Waals surface area contributed by atoms with Crippen molar-refractivity contribution in [1.29, 1.82) is 0 Å². The molecule has 0 N–H and O–H groups in total. The second-order valence-electron chi connectivity index (χ2n) is 4.31. The van der Waals surface area contributed by atoms with Crippen LogP contribution in [0.4, 0.5) is 0 Å². The van der Waals surface area contributed by atoms with Gasteiger partial charge in [-0.25, -0.2) is 0 Å². The van der Waals surface area contributed by atoms with E-state index in [2.05, 4.69) is 52.0 Å². The lowest BCUT2D eigenvalue weighted by molar-refractivity contribution is 0.614. The normalized spacial score (nSPS) is 22.3. The first-order chi connectivity index (χ1) is 5.49. The third kappa shape index (κ3) is 2.69. The standard InChI is InChI=1S/C12H18/c1-10-6-5-7-11(2)9-12(3,4)8-10/h5-6,8-9H,7H2,1-4H3. The first-order valence-corrected chi connectivity index (χ1v) is 4.54. The first kappa shape index (κ1) is 9.31. The van der Waals surface area contributed by atoms with Gasteiger partial charge in [-0.05, 0) is 20.3 Å². The molecule has 0 radical (unpaired) electrons. The topological polar surface area (TPSA) is 0 Å². The summed E-state index contributed by atoms with van der Waals surface area (Å²) in [4.78, 5) is 0. The smallest absolute Gasteiger partial charge is 0.00128 e. The van der Waals surface area contributed by atoms with Crippen LogP contribution < -0.4 is 0 Å². The summed E-state index contributed by atoms with van der Waals surface area (Å²) >= 11 is 0. The van der Waals surface area contributed by atoms with Gasteiger partial charge in [-0.2, -0.15) is 0 Å². The maximum Gasteiger partial charge on any atom is 0.00128 e. The third-order valence-corrected chi connectivity index (χ3v) is 2.04. The van der Waals surface area contributed by atoms with Gasteiger partial charge in [-0.3, -0.25) is 0 Å². The molecule has 0 fully saturated rings. The molecule has 0 heteroatoms. The van der Waals surface area contributed by atoms with Crippen molar-refractivity contribution in [3.8, 4) is 0 Å². The van der Waals surface area contributed by atoms with Crippen molar-refractivity contribution in [2.45, 2.75) is 34.1 Å². The Bertz CT molecular complexity index is 249. The molecule has 0 aromatic carbocycles. The van der Waals surface area contributed by atoms with Crippen LogP contribution in [-0.2, 0) is 0 Å². The Kier molecular flexibility index (Phi) is 2.56. The average molecular weight is 162 g/mol. The van der Waals surface area contributed by atoms with Gasteiger partial charge in [0.15, 0.2) is 0 Å². The summed E-state index contributed by atoms with van der Waals surface area (Å²) in [5.74, 6) is 0. The number of allylic oxidation sites excluding steroid dienone is 6. The lowest BCUT2D eigenvalue weighted by Gasteiger charge is -2.19. The molecule has 66 valence electrons. The van der Waals surface area contributed by atoms with E-state index in [4.69, 9.17) is 0 Å². The molecular formula is C12H18. The van der Waals surface area contributed by atoms with Crippen molar-refractivity contribution < 1.29 is 0 Å². The molecule has 0 aromatic heterocycles. The molecule has 1 aliphatic rings. The van der Waals surface area contributed by atoms with E-state index in [0.29, 0.717) is 0 Å². The fourth-order valence-corrected chi connectivity index (χ4v) is 1.80. The highest BCUT2D eigenvalue weighted by Crippen LogP contribution is 2.26. The van der Waals surface area contributed by atoms with Gasteiger partial charge in [-0.15, -0.1) is 0 Å². The number of hydrogen-bond acceptors (Lipinski definition) is 0. The van der Waals surface area contributed by atoms with E-state index >= 15 is 0 Å². The first-order valence-electron chi connectivity index (χ1n) is 4.54. The molecule has 1 rings (SSSR count). The largest absolute Gasteiger partial charge is 0.0802 e. The zero-order chi connectivity index (χ0) is 9.19. The summed E-state index contributed by atoms with van der Waals surface area (Å²) in [5.41, 5.74) is 3.04. The average Bonchev–Trinajstić information content (AvgIpc) is 1.81. The molecular weight excluding hydrogens is 144 g/mol. The van der Waals surface area contributed by atoms with Crippen molar-refractivity contribution in [2.24, 2.45) is 5.41 Å². The Labute approximate surface area is 75.7 Å². The highest BCUT2D eigenvalue weighted by atomic mass is 14.2. The minimum absolute atomic E-state index is 0.221. The van der Waals surface area contributed by atoms with Gasteiger partial charge < -0.3 is 0 Å². The van der Waals surface area contributed by atoms with E-state index in [-0.39, 0.29) is 5.41 Å². The quantitative estimate of drug-likeness (QED) is 0.474. The van der Waals surface area contributed by atoms with Crippen LogP contribution in [0.2, 0.25) is 0 Å². The highest BCUT2D eigenvalue weighted by molar-refractivity contribution is 5.27. The molecule has 1 aliphatic carbocycles. The lowest BCUT2D eigenvalue weighted by Crippen LogP contribution is -2.05. The van der Waals surface area contributed by atoms with Gasteiger partial charge >= 0.3 is 0 Å². The van der Waals surface area contributed by atoms with Crippen molar-refractivity contribution in [2.75, 3.05) is 0 Å². The van der Waals surface area contributed by atoms with E-state index in [9.17, 15) is 0 Å². The fourth-order valence-electron chi connectivity index (χ4n) is 1.80. The molecule has 0 aliphatic heterocycles. The monoisotopic (exact) mass is 162 g/mol. The number of hydrogen-bond donors (Lipinski definition) is 0. The van der Waals surface area contributed by atoms with Crippen LogP contribution in [0.25, 0.3) is 0 Å². The van der Waals surface area contributed by atoms with Crippen molar-refractivity contribution in [3.05, 3.63) is 35.5 Å². The highest BCUT2D eigenvalue weighted by Gasteiger charge is 2.11. The maximum atomic E-state index is 2.35. The zero-order valence-electron chi connectivity index (χ0n) is 8.52. The summed E-state index contributed by atoms with van der Waals surface area (Å²) < 4.78 is 0. The van der Waals surface area contributed by atoms with Gasteiger partial charge in [-0.1, -0.05) is 49.3 Å². The van der Waals surface area contributed by atoms with Gasteiger partial charge in [0.05, 0.1) is 0 Å². The maximum absolute atomic E-state index is 2.35. The Morgan fingerprint density at radius 3 is 2.50 bits per heavy atom. The van der Waals surface area contributed by atoms with E-state index in [0.717, 1.165) is 6.42 Å². The molecule has 0 aromatic rings. The van der Waals surface area contributed by atoms with Gasteiger partial charge in [0.2, 0.25) is 0 Å². The zero-order valence-corrected chi connectivity index (χ0v) is 8.52. The molecule has 0 nitrogen and oxygen atoms in total. The van der Waals surface area contributed by atoms with Gasteiger partial charge in [0.1, 0.15) is 0 Å². The van der Waals surface area contributed by atoms with E-state index in [1.54, 1.807) is 0 Å². The summed E-state index contributed by atoms with van der Waals surface area (Å²) in [6.07, 6.45) is 10.2. The van der Waals surface area contributed by atoms with Crippen molar-refractivity contribution >= 4 is 0 Å². The molecule has 0 amide bonds. The van der Waals surface area contributed by atoms with Crippen molar-refractivity contribution in [3.63, 3.8) is 0 Å². The van der Waals surface area contributed by atoms with Crippen LogP contribution in [-0.4, -0.2) is 0 Å². The van der Waals surface area contributed by atoms with Crippen LogP contribution >= 0.6 is 0 Å². The Hall–Kier alpha value is -0.780. The SMILES string of the molecule is CC1=CC(C)(C)C=C(C)CC=C1. The van der Waals surface area contributed by atoms with Crippen LogP contribution in [0, 0.1) is 5.41 Å². The van der Waals surface area contributed by atoms with E-state index < -0.39 is 0 Å². The summed E-state index contributed by atoms with van der Waals surface area (Å²) in [6, 6.07) is 0. The van der Waals surface area contributed by atoms with Gasteiger partial charge in [0, 0.05) is 5.41 Å². The molecule has 0 saturated heterocycles. The third-order valence-electron chi connectivity index (χ3n) is 2.04. The molecule has 0 bridgehead atoms. The summed E-state index contributed by atoms with van der Waals surface area (Å²) in [5, 5.41) is 0. The predicted molar refractivity (Wildman–Crippen MR) is 55.1 cm³/mol. The Morgan fingerprint density at radius 2 is 1.83 bits per heavy atom. The number of rotatable bonds is 0. The summed E-state index contributed by atoms with van der Waals surface area (Å²) in [7, 11) is 0. The Balaban J connectivity index is 3.01. The minimum Gasteiger partial charge on any atom is -0.0802 e. The van der Waals surface area contributed by atoms with Crippen LogP contribution in [0.3, 0.4) is 0 Å². The molecule has 12 heavy (non-hydrogen) atoms. The molecule has 0 atom stereocenters. The fraction of sp³-hybridized carbons (Fsp3) is 0.500. The van der Waals surface area contributed by atoms with Crippen LogP contribution in [0.15, 0.2) is 35.5 Å². The minimum atomic E-state index is 0.221. The Morgan fingerprint density at radius 1 is 1.17 bits per heavy atom. The van der Waals surface area contributed by atoms with E-state index in [1.807, 2.05) is 0 Å². The second kappa shape index (κ2) is 3.30.